The van der Waals surface area contributed by atoms with E-state index >= 15 is 0 Å². The van der Waals surface area contributed by atoms with Crippen molar-refractivity contribution in [1.29, 1.82) is 0 Å². The maximum Gasteiger partial charge on any atom is 0.0405 e. The van der Waals surface area contributed by atoms with Crippen LogP contribution in [0.15, 0.2) is 18.2 Å². The van der Waals surface area contributed by atoms with Gasteiger partial charge in [-0.2, -0.15) is 0 Å². The highest BCUT2D eigenvalue weighted by molar-refractivity contribution is 5.58. The van der Waals surface area contributed by atoms with Crippen molar-refractivity contribution in [3.8, 4) is 0 Å². The van der Waals surface area contributed by atoms with Crippen LogP contribution >= 0.6 is 0 Å². The number of para-hydroxylation sites is 1. The molecule has 1 aromatic rings. The molecule has 0 bridgehead atoms. The minimum Gasteiger partial charge on any atom is -0.384 e. The highest BCUT2D eigenvalue weighted by Gasteiger charge is 2.16. The Balaban J connectivity index is 2.08. The average molecular weight is 218 g/mol. The molecule has 0 unspecified atom stereocenters. The fourth-order valence-corrected chi connectivity index (χ4v) is 2.21. The van der Waals surface area contributed by atoms with Crippen molar-refractivity contribution >= 4 is 5.69 Å². The van der Waals surface area contributed by atoms with Crippen molar-refractivity contribution in [2.24, 2.45) is 5.92 Å². The molecule has 1 heterocycles. The first kappa shape index (κ1) is 11.5. The van der Waals surface area contributed by atoms with Gasteiger partial charge in [0, 0.05) is 31.2 Å². The van der Waals surface area contributed by atoms with E-state index in [-0.39, 0.29) is 0 Å². The van der Waals surface area contributed by atoms with E-state index < -0.39 is 0 Å². The van der Waals surface area contributed by atoms with Crippen LogP contribution < -0.4 is 10.6 Å². The molecule has 1 aliphatic heterocycles. The molecule has 0 aliphatic carbocycles. The maximum absolute atomic E-state index is 3.65. The predicted octanol–water partition coefficient (Wildman–Crippen LogP) is 2.44. The molecule has 0 amide bonds. The zero-order valence-electron chi connectivity index (χ0n) is 10.3. The summed E-state index contributed by atoms with van der Waals surface area (Å²) in [4.78, 5) is 0. The number of nitrogens with one attached hydrogen (secondary N) is 2. The highest BCUT2D eigenvalue weighted by atomic mass is 15.0. The molecule has 16 heavy (non-hydrogen) atoms. The Bertz CT molecular complexity index is 320. The van der Waals surface area contributed by atoms with Crippen LogP contribution in [0.2, 0.25) is 0 Å². The Morgan fingerprint density at radius 3 is 2.25 bits per heavy atom. The SMILES string of the molecule is CCc1cccc(CC)c1NCC1CNC1. The first-order valence-electron chi connectivity index (χ1n) is 6.40. The zero-order chi connectivity index (χ0) is 11.4. The molecule has 1 fully saturated rings. The second-order valence-electron chi connectivity index (χ2n) is 4.56. The van der Waals surface area contributed by atoms with Gasteiger partial charge in [-0.15, -0.1) is 0 Å². The van der Waals surface area contributed by atoms with E-state index in [0.717, 1.165) is 25.3 Å². The van der Waals surface area contributed by atoms with E-state index in [0.29, 0.717) is 0 Å². The Labute approximate surface area is 98.4 Å². The topological polar surface area (TPSA) is 24.1 Å². The Kier molecular flexibility index (Phi) is 3.83. The van der Waals surface area contributed by atoms with Gasteiger partial charge in [0.25, 0.3) is 0 Å². The average Bonchev–Trinajstić information content (AvgIpc) is 2.27. The second-order valence-corrected chi connectivity index (χ2v) is 4.56. The van der Waals surface area contributed by atoms with E-state index in [4.69, 9.17) is 0 Å². The molecule has 88 valence electrons. The van der Waals surface area contributed by atoms with Crippen molar-refractivity contribution in [2.45, 2.75) is 26.7 Å². The normalized spacial score (nSPS) is 15.9. The van der Waals surface area contributed by atoms with Gasteiger partial charge in [-0.05, 0) is 24.0 Å². The van der Waals surface area contributed by atoms with Crippen molar-refractivity contribution in [3.63, 3.8) is 0 Å². The van der Waals surface area contributed by atoms with E-state index in [1.807, 2.05) is 0 Å². The van der Waals surface area contributed by atoms with E-state index in [2.05, 4.69) is 42.7 Å². The number of rotatable bonds is 5. The lowest BCUT2D eigenvalue weighted by molar-refractivity contribution is 0.365. The minimum absolute atomic E-state index is 0.814. The summed E-state index contributed by atoms with van der Waals surface area (Å²) in [7, 11) is 0. The quantitative estimate of drug-likeness (QED) is 0.793. The number of aryl methyl sites for hydroxylation is 2. The molecule has 0 atom stereocenters. The molecule has 0 saturated carbocycles. The Morgan fingerprint density at radius 2 is 1.81 bits per heavy atom. The highest BCUT2D eigenvalue weighted by Crippen LogP contribution is 2.23. The number of hydrogen-bond acceptors (Lipinski definition) is 2. The largest absolute Gasteiger partial charge is 0.384 e. The summed E-state index contributed by atoms with van der Waals surface area (Å²) < 4.78 is 0. The predicted molar refractivity (Wildman–Crippen MR) is 70.0 cm³/mol. The molecule has 0 aromatic heterocycles. The molecule has 2 N–H and O–H groups in total. The fourth-order valence-electron chi connectivity index (χ4n) is 2.21. The van der Waals surface area contributed by atoms with Gasteiger partial charge in [-0.1, -0.05) is 32.0 Å². The van der Waals surface area contributed by atoms with Gasteiger partial charge in [0.2, 0.25) is 0 Å². The summed E-state index contributed by atoms with van der Waals surface area (Å²) in [5.41, 5.74) is 4.29. The van der Waals surface area contributed by atoms with Crippen LogP contribution in [0.1, 0.15) is 25.0 Å². The number of hydrogen-bond donors (Lipinski definition) is 2. The summed E-state index contributed by atoms with van der Waals surface area (Å²) in [5, 5.41) is 6.96. The first-order chi connectivity index (χ1) is 7.85. The molecule has 2 rings (SSSR count). The van der Waals surface area contributed by atoms with Gasteiger partial charge in [0.1, 0.15) is 0 Å². The number of anilines is 1. The Hall–Kier alpha value is -1.02. The molecule has 1 saturated heterocycles. The smallest absolute Gasteiger partial charge is 0.0405 e. The third-order valence-corrected chi connectivity index (χ3v) is 3.43. The fraction of sp³-hybridized carbons (Fsp3) is 0.571. The van der Waals surface area contributed by atoms with Crippen LogP contribution in [0.3, 0.4) is 0 Å². The van der Waals surface area contributed by atoms with Crippen molar-refractivity contribution in [1.82, 2.24) is 5.32 Å². The maximum atomic E-state index is 3.65. The molecular weight excluding hydrogens is 196 g/mol. The summed E-state index contributed by atoms with van der Waals surface area (Å²) in [6.45, 7) is 7.90. The van der Waals surface area contributed by atoms with Gasteiger partial charge in [0.05, 0.1) is 0 Å². The third-order valence-electron chi connectivity index (χ3n) is 3.43. The standard InChI is InChI=1S/C14H22N2/c1-3-12-6-5-7-13(4-2)14(12)16-10-11-8-15-9-11/h5-7,11,15-16H,3-4,8-10H2,1-2H3. The van der Waals surface area contributed by atoms with Gasteiger partial charge >= 0.3 is 0 Å². The monoisotopic (exact) mass is 218 g/mol. The lowest BCUT2D eigenvalue weighted by atomic mass is 10.0. The van der Waals surface area contributed by atoms with Crippen molar-refractivity contribution < 1.29 is 0 Å². The Morgan fingerprint density at radius 1 is 1.19 bits per heavy atom. The van der Waals surface area contributed by atoms with E-state index in [1.54, 1.807) is 0 Å². The van der Waals surface area contributed by atoms with Crippen LogP contribution in [0, 0.1) is 5.92 Å². The van der Waals surface area contributed by atoms with Crippen LogP contribution in [0.25, 0.3) is 0 Å². The lowest BCUT2D eigenvalue weighted by Gasteiger charge is -2.28. The summed E-state index contributed by atoms with van der Waals surface area (Å²) in [6, 6.07) is 6.65. The van der Waals surface area contributed by atoms with Crippen LogP contribution in [0.5, 0.6) is 0 Å². The van der Waals surface area contributed by atoms with E-state index in [1.165, 1.54) is 29.9 Å². The van der Waals surface area contributed by atoms with Crippen molar-refractivity contribution in [2.75, 3.05) is 25.0 Å². The first-order valence-corrected chi connectivity index (χ1v) is 6.40. The van der Waals surface area contributed by atoms with Crippen LogP contribution in [-0.4, -0.2) is 19.6 Å². The second kappa shape index (κ2) is 5.35. The molecule has 2 nitrogen and oxygen atoms in total. The molecular formula is C14H22N2. The molecule has 1 aromatic carbocycles. The summed E-state index contributed by atoms with van der Waals surface area (Å²) in [5.74, 6) is 0.814. The summed E-state index contributed by atoms with van der Waals surface area (Å²) in [6.07, 6.45) is 2.22. The third kappa shape index (κ3) is 2.38. The lowest BCUT2D eigenvalue weighted by Crippen LogP contribution is -2.45. The van der Waals surface area contributed by atoms with Gasteiger partial charge in [-0.25, -0.2) is 0 Å². The van der Waals surface area contributed by atoms with Gasteiger partial charge in [0.15, 0.2) is 0 Å². The number of benzene rings is 1. The molecule has 1 aliphatic rings. The van der Waals surface area contributed by atoms with Gasteiger partial charge in [-0.3, -0.25) is 0 Å². The zero-order valence-corrected chi connectivity index (χ0v) is 10.3. The van der Waals surface area contributed by atoms with Crippen LogP contribution in [0.4, 0.5) is 5.69 Å². The molecule has 0 radical (unpaired) electrons. The summed E-state index contributed by atoms with van der Waals surface area (Å²) >= 11 is 0. The van der Waals surface area contributed by atoms with Crippen molar-refractivity contribution in [3.05, 3.63) is 29.3 Å². The molecule has 0 spiro atoms. The van der Waals surface area contributed by atoms with Crippen LogP contribution in [-0.2, 0) is 12.8 Å². The van der Waals surface area contributed by atoms with E-state index in [9.17, 15) is 0 Å². The molecule has 2 heteroatoms. The van der Waals surface area contributed by atoms with Gasteiger partial charge < -0.3 is 10.6 Å². The minimum atomic E-state index is 0.814.